The zero-order valence-electron chi connectivity index (χ0n) is 13.8. The maximum Gasteiger partial charge on any atom is 0.305 e. The molecule has 0 aromatic heterocycles. The number of unbranched alkanes of at least 4 members (excludes halogenated alkanes) is 9. The molecule has 0 saturated heterocycles. The van der Waals surface area contributed by atoms with Gasteiger partial charge in [0.15, 0.2) is 0 Å². The summed E-state index contributed by atoms with van der Waals surface area (Å²) in [7, 11) is 0. The number of allylic oxidation sites excluding steroid dienone is 2. The molecule has 0 fully saturated rings. The summed E-state index contributed by atoms with van der Waals surface area (Å²) in [5, 5.41) is 8.65. The van der Waals surface area contributed by atoms with Gasteiger partial charge in [-0.1, -0.05) is 44.3 Å². The Morgan fingerprint density at radius 3 is 1.95 bits per heavy atom. The van der Waals surface area contributed by atoms with Gasteiger partial charge in [0.05, 0.1) is 6.61 Å². The van der Waals surface area contributed by atoms with Crippen LogP contribution in [0.25, 0.3) is 0 Å². The molecule has 0 aliphatic carbocycles. The molecule has 0 atom stereocenters. The van der Waals surface area contributed by atoms with Gasteiger partial charge in [0.2, 0.25) is 0 Å². The summed E-state index contributed by atoms with van der Waals surface area (Å²) in [6.07, 6.45) is 17.9. The second-order valence-electron chi connectivity index (χ2n) is 5.51. The van der Waals surface area contributed by atoms with Crippen LogP contribution in [-0.2, 0) is 9.53 Å². The Labute approximate surface area is 130 Å². The van der Waals surface area contributed by atoms with Crippen LogP contribution >= 0.6 is 0 Å². The maximum absolute atomic E-state index is 11.1. The average molecular weight is 298 g/mol. The molecule has 0 saturated carbocycles. The van der Waals surface area contributed by atoms with Gasteiger partial charge >= 0.3 is 5.97 Å². The molecule has 0 aromatic rings. The van der Waals surface area contributed by atoms with Crippen molar-refractivity contribution in [1.82, 2.24) is 0 Å². The lowest BCUT2D eigenvalue weighted by molar-refractivity contribution is -0.143. The van der Waals surface area contributed by atoms with Crippen LogP contribution in [0.4, 0.5) is 0 Å². The third-order valence-corrected chi connectivity index (χ3v) is 3.50. The van der Waals surface area contributed by atoms with Crippen LogP contribution in [0.15, 0.2) is 12.2 Å². The molecule has 21 heavy (non-hydrogen) atoms. The van der Waals surface area contributed by atoms with Crippen LogP contribution < -0.4 is 0 Å². The maximum atomic E-state index is 11.1. The molecule has 0 unspecified atom stereocenters. The van der Waals surface area contributed by atoms with E-state index in [1.165, 1.54) is 38.5 Å². The van der Waals surface area contributed by atoms with E-state index in [0.29, 0.717) is 19.6 Å². The molecule has 0 aliphatic rings. The highest BCUT2D eigenvalue weighted by molar-refractivity contribution is 5.69. The van der Waals surface area contributed by atoms with E-state index in [-0.39, 0.29) is 5.97 Å². The number of aliphatic hydroxyl groups is 1. The minimum Gasteiger partial charge on any atom is -0.466 e. The van der Waals surface area contributed by atoms with E-state index >= 15 is 0 Å². The average Bonchev–Trinajstić information content (AvgIpc) is 2.48. The SMILES string of the molecule is CCOC(=O)CCCCCCCC/C=C/CCCCCO. The molecule has 0 bridgehead atoms. The fraction of sp³-hybridized carbons (Fsp3) is 0.833. The lowest BCUT2D eigenvalue weighted by Gasteiger charge is -2.02. The van der Waals surface area contributed by atoms with Gasteiger partial charge in [0, 0.05) is 13.0 Å². The number of hydrogen-bond donors (Lipinski definition) is 1. The number of carbonyl (C=O) groups is 1. The smallest absolute Gasteiger partial charge is 0.305 e. The van der Waals surface area contributed by atoms with E-state index in [9.17, 15) is 4.79 Å². The van der Waals surface area contributed by atoms with Gasteiger partial charge in [-0.3, -0.25) is 4.79 Å². The summed E-state index contributed by atoms with van der Waals surface area (Å²) in [5.41, 5.74) is 0. The topological polar surface area (TPSA) is 46.5 Å². The van der Waals surface area contributed by atoms with Crippen LogP contribution in [0, 0.1) is 0 Å². The number of rotatable bonds is 15. The van der Waals surface area contributed by atoms with Crippen molar-refractivity contribution in [2.24, 2.45) is 0 Å². The molecule has 0 heterocycles. The molecule has 3 nitrogen and oxygen atoms in total. The summed E-state index contributed by atoms with van der Waals surface area (Å²) in [5.74, 6) is -0.0541. The molecule has 0 aliphatic heterocycles. The summed E-state index contributed by atoms with van der Waals surface area (Å²) >= 11 is 0. The fourth-order valence-electron chi connectivity index (χ4n) is 2.26. The molecule has 124 valence electrons. The van der Waals surface area contributed by atoms with Gasteiger partial charge < -0.3 is 9.84 Å². The van der Waals surface area contributed by atoms with E-state index in [1.807, 2.05) is 6.92 Å². The number of hydrogen-bond acceptors (Lipinski definition) is 3. The largest absolute Gasteiger partial charge is 0.466 e. The van der Waals surface area contributed by atoms with Gasteiger partial charge in [0.25, 0.3) is 0 Å². The first-order valence-electron chi connectivity index (χ1n) is 8.72. The number of esters is 1. The van der Waals surface area contributed by atoms with Crippen LogP contribution in [0.3, 0.4) is 0 Å². The van der Waals surface area contributed by atoms with Crippen LogP contribution in [0.1, 0.15) is 84.0 Å². The van der Waals surface area contributed by atoms with Crippen LogP contribution in [0.5, 0.6) is 0 Å². The second kappa shape index (κ2) is 17.2. The van der Waals surface area contributed by atoms with E-state index in [1.54, 1.807) is 0 Å². The fourth-order valence-corrected chi connectivity index (χ4v) is 2.26. The van der Waals surface area contributed by atoms with E-state index < -0.39 is 0 Å². The molecule has 3 heteroatoms. The van der Waals surface area contributed by atoms with Crippen molar-refractivity contribution < 1.29 is 14.6 Å². The van der Waals surface area contributed by atoms with Crippen molar-refractivity contribution in [3.05, 3.63) is 12.2 Å². The summed E-state index contributed by atoms with van der Waals surface area (Å²) < 4.78 is 4.90. The minimum atomic E-state index is -0.0541. The molecular weight excluding hydrogens is 264 g/mol. The Bertz CT molecular complexity index is 249. The van der Waals surface area contributed by atoms with Crippen LogP contribution in [0.2, 0.25) is 0 Å². The monoisotopic (exact) mass is 298 g/mol. The van der Waals surface area contributed by atoms with Gasteiger partial charge in [-0.15, -0.1) is 0 Å². The predicted octanol–water partition coefficient (Wildman–Crippen LogP) is 4.78. The summed E-state index contributed by atoms with van der Waals surface area (Å²) in [6, 6.07) is 0. The first kappa shape index (κ1) is 20.2. The first-order valence-corrected chi connectivity index (χ1v) is 8.72. The Morgan fingerprint density at radius 1 is 0.857 bits per heavy atom. The quantitative estimate of drug-likeness (QED) is 0.269. The summed E-state index contributed by atoms with van der Waals surface area (Å²) in [4.78, 5) is 11.1. The predicted molar refractivity (Wildman–Crippen MR) is 88.3 cm³/mol. The molecule has 1 N–H and O–H groups in total. The van der Waals surface area contributed by atoms with Crippen molar-refractivity contribution in [3.8, 4) is 0 Å². The zero-order chi connectivity index (χ0) is 15.6. The number of ether oxygens (including phenoxy) is 1. The van der Waals surface area contributed by atoms with Gasteiger partial charge in [-0.05, 0) is 45.4 Å². The third-order valence-electron chi connectivity index (χ3n) is 3.50. The number of aliphatic hydroxyl groups excluding tert-OH is 1. The van der Waals surface area contributed by atoms with E-state index in [4.69, 9.17) is 9.84 Å². The highest BCUT2D eigenvalue weighted by atomic mass is 16.5. The minimum absolute atomic E-state index is 0.0541. The Hall–Kier alpha value is -0.830. The molecule has 0 spiro atoms. The van der Waals surface area contributed by atoms with Crippen molar-refractivity contribution >= 4 is 5.97 Å². The van der Waals surface area contributed by atoms with Gasteiger partial charge in [-0.25, -0.2) is 0 Å². The molecule has 0 amide bonds. The van der Waals surface area contributed by atoms with E-state index in [2.05, 4.69) is 12.2 Å². The third kappa shape index (κ3) is 17.1. The van der Waals surface area contributed by atoms with Gasteiger partial charge in [0.1, 0.15) is 0 Å². The Balaban J connectivity index is 3.11. The normalized spacial score (nSPS) is 11.1. The summed E-state index contributed by atoms with van der Waals surface area (Å²) in [6.45, 7) is 2.67. The van der Waals surface area contributed by atoms with Crippen molar-refractivity contribution in [3.63, 3.8) is 0 Å². The second-order valence-corrected chi connectivity index (χ2v) is 5.51. The molecule has 0 rings (SSSR count). The van der Waals surface area contributed by atoms with E-state index in [0.717, 1.165) is 32.1 Å². The lowest BCUT2D eigenvalue weighted by Crippen LogP contribution is -2.03. The van der Waals surface area contributed by atoms with Crippen molar-refractivity contribution in [1.29, 1.82) is 0 Å². The van der Waals surface area contributed by atoms with Crippen molar-refractivity contribution in [2.45, 2.75) is 84.0 Å². The zero-order valence-corrected chi connectivity index (χ0v) is 13.8. The Kier molecular flexibility index (Phi) is 16.5. The van der Waals surface area contributed by atoms with Crippen molar-refractivity contribution in [2.75, 3.05) is 13.2 Å². The molecule has 0 aromatic carbocycles. The molecular formula is C18H34O3. The molecule has 0 radical (unpaired) electrons. The highest BCUT2D eigenvalue weighted by Gasteiger charge is 2.00. The van der Waals surface area contributed by atoms with Crippen LogP contribution in [-0.4, -0.2) is 24.3 Å². The highest BCUT2D eigenvalue weighted by Crippen LogP contribution is 2.10. The van der Waals surface area contributed by atoms with Gasteiger partial charge in [-0.2, -0.15) is 0 Å². The first-order chi connectivity index (χ1) is 10.3. The standard InChI is InChI=1S/C18H34O3/c1-2-21-18(20)16-14-12-10-8-6-4-3-5-7-9-11-13-15-17-19/h5,7,19H,2-4,6,8-17H2,1H3/b7-5+. The number of carbonyl (C=O) groups excluding carboxylic acids is 1. The Morgan fingerprint density at radius 2 is 1.38 bits per heavy atom. The lowest BCUT2D eigenvalue weighted by atomic mass is 10.1.